The van der Waals surface area contributed by atoms with Crippen molar-refractivity contribution in [2.24, 2.45) is 0 Å². The molecule has 1 aromatic heterocycles. The third-order valence-corrected chi connectivity index (χ3v) is 14.2. The van der Waals surface area contributed by atoms with Gasteiger partial charge in [0.25, 0.3) is 0 Å². The van der Waals surface area contributed by atoms with Crippen LogP contribution in [-0.2, 0) is 5.41 Å². The lowest BCUT2D eigenvalue weighted by molar-refractivity contribution is 0.768. The Bertz CT molecular complexity index is 3400. The Hall–Kier alpha value is -7.78. The molecule has 0 radical (unpaired) electrons. The molecule has 12 rings (SSSR count). The lowest BCUT2D eigenvalue weighted by Crippen LogP contribution is -2.28. The Morgan fingerprint density at radius 3 is 1.63 bits per heavy atom. The predicted molar refractivity (Wildman–Crippen MR) is 268 cm³/mol. The van der Waals surface area contributed by atoms with Crippen molar-refractivity contribution in [1.29, 1.82) is 0 Å². The van der Waals surface area contributed by atoms with E-state index in [2.05, 4.69) is 254 Å². The van der Waals surface area contributed by atoms with Gasteiger partial charge in [0.1, 0.15) is 0 Å². The van der Waals surface area contributed by atoms with E-state index in [1.165, 1.54) is 86.9 Å². The zero-order valence-corrected chi connectivity index (χ0v) is 35.3. The van der Waals surface area contributed by atoms with Gasteiger partial charge in [0.05, 0.1) is 11.1 Å². The standard InChI is InChI=1S/C61H41NS/c1-4-18-42(19-5-1)50-26-11-14-32-58(50)62(48-37-34-43(35-38-48)51-29-17-30-54-53-28-12-15-33-59(53)63-60(51)54)49-25-16-20-44(40-49)45-36-39-57-55(41-45)52-27-10-13-31-56(52)61(57,46-21-6-2-7-22-46)47-23-8-3-9-24-47/h1-41H. The molecule has 11 aromatic rings. The van der Waals surface area contributed by atoms with Gasteiger partial charge in [-0.3, -0.25) is 0 Å². The van der Waals surface area contributed by atoms with Gasteiger partial charge in [0.2, 0.25) is 0 Å². The van der Waals surface area contributed by atoms with Gasteiger partial charge >= 0.3 is 0 Å². The molecule has 0 saturated heterocycles. The highest BCUT2D eigenvalue weighted by Gasteiger charge is 2.46. The van der Waals surface area contributed by atoms with Gasteiger partial charge in [-0.2, -0.15) is 0 Å². The molecular weight excluding hydrogens is 779 g/mol. The van der Waals surface area contributed by atoms with Gasteiger partial charge in [-0.15, -0.1) is 11.3 Å². The van der Waals surface area contributed by atoms with Crippen molar-refractivity contribution in [1.82, 2.24) is 0 Å². The minimum Gasteiger partial charge on any atom is -0.310 e. The summed E-state index contributed by atoms with van der Waals surface area (Å²) in [5, 5.41) is 2.63. The molecule has 0 bridgehead atoms. The fraction of sp³-hybridized carbons (Fsp3) is 0.0164. The van der Waals surface area contributed by atoms with E-state index in [9.17, 15) is 0 Å². The van der Waals surface area contributed by atoms with Crippen LogP contribution >= 0.6 is 11.3 Å². The van der Waals surface area contributed by atoms with Crippen LogP contribution in [0, 0.1) is 0 Å². The topological polar surface area (TPSA) is 3.24 Å². The van der Waals surface area contributed by atoms with Crippen LogP contribution in [0.4, 0.5) is 17.1 Å². The molecule has 63 heavy (non-hydrogen) atoms. The molecule has 0 N–H and O–H groups in total. The molecule has 0 spiro atoms. The first-order valence-corrected chi connectivity index (χ1v) is 22.5. The summed E-state index contributed by atoms with van der Waals surface area (Å²) in [6, 6.07) is 91.4. The van der Waals surface area contributed by atoms with Crippen LogP contribution in [0.3, 0.4) is 0 Å². The number of hydrogen-bond acceptors (Lipinski definition) is 2. The molecular formula is C61H41NS. The number of benzene rings is 10. The van der Waals surface area contributed by atoms with E-state index in [0.29, 0.717) is 0 Å². The van der Waals surface area contributed by atoms with E-state index in [0.717, 1.165) is 17.1 Å². The van der Waals surface area contributed by atoms with Gasteiger partial charge < -0.3 is 4.90 Å². The maximum absolute atomic E-state index is 2.42. The van der Waals surface area contributed by atoms with Gasteiger partial charge in [0, 0.05) is 37.1 Å². The summed E-state index contributed by atoms with van der Waals surface area (Å²) in [4.78, 5) is 2.42. The first-order chi connectivity index (χ1) is 31.3. The number of fused-ring (bicyclic) bond motifs is 6. The highest BCUT2D eigenvalue weighted by atomic mass is 32.1. The van der Waals surface area contributed by atoms with Crippen LogP contribution < -0.4 is 4.90 Å². The average Bonchev–Trinajstić information content (AvgIpc) is 3.89. The summed E-state index contributed by atoms with van der Waals surface area (Å²) in [5.74, 6) is 0. The molecule has 0 atom stereocenters. The van der Waals surface area contributed by atoms with Gasteiger partial charge in [-0.25, -0.2) is 0 Å². The highest BCUT2D eigenvalue weighted by molar-refractivity contribution is 7.26. The van der Waals surface area contributed by atoms with E-state index in [1.54, 1.807) is 0 Å². The van der Waals surface area contributed by atoms with Gasteiger partial charge in [-0.1, -0.05) is 206 Å². The van der Waals surface area contributed by atoms with Gasteiger partial charge in [-0.05, 0) is 104 Å². The summed E-state index contributed by atoms with van der Waals surface area (Å²) >= 11 is 1.88. The number of rotatable bonds is 8. The van der Waals surface area contributed by atoms with Crippen LogP contribution in [0.5, 0.6) is 0 Å². The summed E-state index contributed by atoms with van der Waals surface area (Å²) in [7, 11) is 0. The van der Waals surface area contributed by atoms with E-state index in [1.807, 2.05) is 11.3 Å². The summed E-state index contributed by atoms with van der Waals surface area (Å²) < 4.78 is 2.65. The van der Waals surface area contributed by atoms with E-state index < -0.39 is 5.41 Å². The quantitative estimate of drug-likeness (QED) is 0.148. The summed E-state index contributed by atoms with van der Waals surface area (Å²) in [6.45, 7) is 0. The molecule has 1 aliphatic carbocycles. The zero-order valence-electron chi connectivity index (χ0n) is 34.5. The van der Waals surface area contributed by atoms with Crippen molar-refractivity contribution in [3.63, 3.8) is 0 Å². The first kappa shape index (κ1) is 37.0. The second-order valence-electron chi connectivity index (χ2n) is 16.4. The molecule has 2 heteroatoms. The summed E-state index contributed by atoms with van der Waals surface area (Å²) in [6.07, 6.45) is 0. The molecule has 0 unspecified atom stereocenters. The van der Waals surface area contributed by atoms with E-state index in [-0.39, 0.29) is 0 Å². The normalized spacial score (nSPS) is 12.6. The molecule has 1 nitrogen and oxygen atoms in total. The number of para-hydroxylation sites is 1. The summed E-state index contributed by atoms with van der Waals surface area (Å²) in [5.41, 5.74) is 17.8. The molecule has 296 valence electrons. The van der Waals surface area contributed by atoms with Crippen LogP contribution in [-0.4, -0.2) is 0 Å². The second-order valence-corrected chi connectivity index (χ2v) is 17.4. The van der Waals surface area contributed by atoms with Crippen LogP contribution in [0.1, 0.15) is 22.3 Å². The number of nitrogens with zero attached hydrogens (tertiary/aromatic N) is 1. The van der Waals surface area contributed by atoms with Crippen LogP contribution in [0.25, 0.3) is 64.7 Å². The Balaban J connectivity index is 1.00. The fourth-order valence-electron chi connectivity index (χ4n) is 10.2. The number of anilines is 3. The third-order valence-electron chi connectivity index (χ3n) is 13.0. The molecule has 0 amide bonds. The van der Waals surface area contributed by atoms with E-state index in [4.69, 9.17) is 0 Å². The second kappa shape index (κ2) is 15.3. The maximum Gasteiger partial charge on any atom is 0.0713 e. The zero-order chi connectivity index (χ0) is 41.7. The smallest absolute Gasteiger partial charge is 0.0713 e. The van der Waals surface area contributed by atoms with Crippen molar-refractivity contribution in [2.45, 2.75) is 5.41 Å². The highest BCUT2D eigenvalue weighted by Crippen LogP contribution is 2.57. The van der Waals surface area contributed by atoms with Crippen LogP contribution in [0.15, 0.2) is 249 Å². The monoisotopic (exact) mass is 819 g/mol. The largest absolute Gasteiger partial charge is 0.310 e. The van der Waals surface area contributed by atoms with E-state index >= 15 is 0 Å². The SMILES string of the molecule is c1ccc(-c2ccccc2N(c2ccc(-c3cccc4c3sc3ccccc34)cc2)c2cccc(-c3ccc4c(c3)-c3ccccc3C4(c3ccccc3)c3ccccc3)c2)cc1. The van der Waals surface area contributed by atoms with Crippen molar-refractivity contribution in [3.05, 3.63) is 271 Å². The Labute approximate surface area is 372 Å². The molecule has 0 aliphatic heterocycles. The Kier molecular flexibility index (Phi) is 8.98. The minimum atomic E-state index is -0.429. The molecule has 1 heterocycles. The maximum atomic E-state index is 2.42. The van der Waals surface area contributed by atoms with Crippen molar-refractivity contribution < 1.29 is 0 Å². The lowest BCUT2D eigenvalue weighted by atomic mass is 9.67. The lowest BCUT2D eigenvalue weighted by Gasteiger charge is -2.33. The fourth-order valence-corrected chi connectivity index (χ4v) is 11.4. The molecule has 0 fully saturated rings. The van der Waals surface area contributed by atoms with Crippen molar-refractivity contribution >= 4 is 48.6 Å². The third kappa shape index (κ3) is 6.06. The van der Waals surface area contributed by atoms with Crippen molar-refractivity contribution in [2.75, 3.05) is 4.90 Å². The Morgan fingerprint density at radius 2 is 0.857 bits per heavy atom. The predicted octanol–water partition coefficient (Wildman–Crippen LogP) is 16.9. The first-order valence-electron chi connectivity index (χ1n) is 21.7. The number of thiophene rings is 1. The molecule has 1 aliphatic rings. The van der Waals surface area contributed by atoms with Gasteiger partial charge in [0.15, 0.2) is 0 Å². The van der Waals surface area contributed by atoms with Crippen LogP contribution in [0.2, 0.25) is 0 Å². The Morgan fingerprint density at radius 1 is 0.317 bits per heavy atom. The van der Waals surface area contributed by atoms with Crippen molar-refractivity contribution in [3.8, 4) is 44.5 Å². The minimum absolute atomic E-state index is 0.429. The molecule has 10 aromatic carbocycles. The average molecular weight is 820 g/mol. The number of hydrogen-bond donors (Lipinski definition) is 0. The molecule has 0 saturated carbocycles.